The van der Waals surface area contributed by atoms with Gasteiger partial charge < -0.3 is 9.47 Å². The molecule has 0 spiro atoms. The molecule has 2 rings (SSSR count). The second-order valence-corrected chi connectivity index (χ2v) is 5.52. The van der Waals surface area contributed by atoms with Crippen LogP contribution < -0.4 is 9.47 Å². The molecule has 0 aliphatic heterocycles. The molecule has 0 bridgehead atoms. The lowest BCUT2D eigenvalue weighted by atomic mass is 10.2. The van der Waals surface area contributed by atoms with Crippen LogP contribution in [-0.4, -0.2) is 12.6 Å². The highest BCUT2D eigenvalue weighted by atomic mass is 19.2. The van der Waals surface area contributed by atoms with E-state index in [4.69, 9.17) is 9.47 Å². The average molecular weight is 352 g/mol. The van der Waals surface area contributed by atoms with E-state index in [1.807, 2.05) is 0 Å². The van der Waals surface area contributed by atoms with Crippen molar-refractivity contribution in [3.05, 3.63) is 59.4 Å². The molecule has 0 aromatic heterocycles. The summed E-state index contributed by atoms with van der Waals surface area (Å²) >= 11 is 0. The normalized spacial score (nSPS) is 10.6. The second kappa shape index (κ2) is 9.11. The van der Waals surface area contributed by atoms with Gasteiger partial charge in [0, 0.05) is 12.1 Å². The molecule has 0 heterocycles. The number of rotatable bonds is 8. The Hall–Kier alpha value is -2.50. The fourth-order valence-electron chi connectivity index (χ4n) is 2.16. The Bertz CT molecular complexity index is 691. The Labute approximate surface area is 144 Å². The molecule has 0 unspecified atom stereocenters. The molecule has 6 heteroatoms. The van der Waals surface area contributed by atoms with Crippen molar-refractivity contribution in [1.29, 1.82) is 0 Å². The van der Waals surface area contributed by atoms with Gasteiger partial charge in [-0.3, -0.25) is 0 Å². The van der Waals surface area contributed by atoms with Crippen LogP contribution in [0.15, 0.2) is 36.4 Å². The molecule has 0 saturated heterocycles. The van der Waals surface area contributed by atoms with Gasteiger partial charge in [0.1, 0.15) is 11.5 Å². The molecule has 2 aromatic carbocycles. The lowest BCUT2D eigenvalue weighted by Gasteiger charge is -2.08. The van der Waals surface area contributed by atoms with E-state index in [2.05, 4.69) is 6.92 Å². The van der Waals surface area contributed by atoms with E-state index in [0.29, 0.717) is 24.5 Å². The maximum atomic E-state index is 13.1. The zero-order valence-corrected chi connectivity index (χ0v) is 13.9. The summed E-state index contributed by atoms with van der Waals surface area (Å²) in [7, 11) is 0. The molecule has 0 atom stereocenters. The zero-order chi connectivity index (χ0) is 18.2. The molecule has 0 N–H and O–H groups in total. The molecule has 0 saturated carbocycles. The zero-order valence-electron chi connectivity index (χ0n) is 13.9. The summed E-state index contributed by atoms with van der Waals surface area (Å²) < 4.78 is 49.5. The number of unbranched alkanes of at least 4 members (excludes halogenated alkanes) is 3. The molecular formula is C19H19F3O3. The van der Waals surface area contributed by atoms with Gasteiger partial charge in [-0.1, -0.05) is 26.2 Å². The quantitative estimate of drug-likeness (QED) is 0.281. The highest BCUT2D eigenvalue weighted by Gasteiger charge is 2.15. The minimum atomic E-state index is -1.61. The number of hydrogen-bond acceptors (Lipinski definition) is 3. The predicted molar refractivity (Wildman–Crippen MR) is 87.4 cm³/mol. The summed E-state index contributed by atoms with van der Waals surface area (Å²) in [5, 5.41) is 0. The number of ether oxygens (including phenoxy) is 2. The molecule has 0 amide bonds. The molecule has 0 fully saturated rings. The molecular weight excluding hydrogens is 333 g/mol. The van der Waals surface area contributed by atoms with Crippen molar-refractivity contribution < 1.29 is 27.4 Å². The van der Waals surface area contributed by atoms with Gasteiger partial charge in [-0.15, -0.1) is 0 Å². The van der Waals surface area contributed by atoms with Gasteiger partial charge in [-0.2, -0.15) is 0 Å². The topological polar surface area (TPSA) is 35.5 Å². The Morgan fingerprint density at radius 2 is 1.56 bits per heavy atom. The Morgan fingerprint density at radius 1 is 0.920 bits per heavy atom. The minimum Gasteiger partial charge on any atom is -0.494 e. The first-order chi connectivity index (χ1) is 12.0. The summed E-state index contributed by atoms with van der Waals surface area (Å²) in [6.45, 7) is 2.73. The van der Waals surface area contributed by atoms with Crippen LogP contribution in [0.2, 0.25) is 0 Å². The van der Waals surface area contributed by atoms with Crippen molar-refractivity contribution in [2.24, 2.45) is 0 Å². The van der Waals surface area contributed by atoms with Gasteiger partial charge in [-0.05, 0) is 30.7 Å². The van der Waals surface area contributed by atoms with Crippen molar-refractivity contribution in [3.63, 3.8) is 0 Å². The lowest BCUT2D eigenvalue weighted by molar-refractivity contribution is 0.0733. The fourth-order valence-corrected chi connectivity index (χ4v) is 2.16. The van der Waals surface area contributed by atoms with Crippen molar-refractivity contribution in [2.75, 3.05) is 6.61 Å². The Morgan fingerprint density at radius 3 is 2.16 bits per heavy atom. The van der Waals surface area contributed by atoms with Crippen LogP contribution in [0.4, 0.5) is 13.2 Å². The number of carbonyl (C=O) groups is 1. The number of hydrogen-bond donors (Lipinski definition) is 0. The van der Waals surface area contributed by atoms with Crippen LogP contribution in [0.5, 0.6) is 11.5 Å². The van der Waals surface area contributed by atoms with Crippen molar-refractivity contribution >= 4 is 5.97 Å². The highest BCUT2D eigenvalue weighted by molar-refractivity contribution is 5.91. The molecule has 0 radical (unpaired) electrons. The maximum absolute atomic E-state index is 13.1. The molecule has 0 aliphatic carbocycles. The molecule has 0 aliphatic rings. The van der Waals surface area contributed by atoms with Crippen molar-refractivity contribution in [1.82, 2.24) is 0 Å². The number of benzene rings is 2. The van der Waals surface area contributed by atoms with Crippen molar-refractivity contribution in [3.8, 4) is 11.5 Å². The van der Waals surface area contributed by atoms with Crippen LogP contribution in [0.1, 0.15) is 43.0 Å². The van der Waals surface area contributed by atoms with Crippen LogP contribution in [0.25, 0.3) is 0 Å². The van der Waals surface area contributed by atoms with E-state index in [0.717, 1.165) is 19.3 Å². The lowest BCUT2D eigenvalue weighted by Crippen LogP contribution is -2.09. The smallest absolute Gasteiger partial charge is 0.343 e. The fraction of sp³-hybridized carbons (Fsp3) is 0.316. The van der Waals surface area contributed by atoms with E-state index < -0.39 is 29.2 Å². The first-order valence-corrected chi connectivity index (χ1v) is 8.11. The van der Waals surface area contributed by atoms with Crippen LogP contribution in [0.3, 0.4) is 0 Å². The van der Waals surface area contributed by atoms with Gasteiger partial charge in [-0.25, -0.2) is 18.0 Å². The van der Waals surface area contributed by atoms with Gasteiger partial charge in [0.25, 0.3) is 0 Å². The molecule has 25 heavy (non-hydrogen) atoms. The van der Waals surface area contributed by atoms with E-state index in [1.165, 1.54) is 18.6 Å². The van der Waals surface area contributed by atoms with Gasteiger partial charge in [0.15, 0.2) is 17.5 Å². The first kappa shape index (κ1) is 18.8. The van der Waals surface area contributed by atoms with Gasteiger partial charge in [0.05, 0.1) is 12.2 Å². The molecule has 2 aromatic rings. The third-order valence-corrected chi connectivity index (χ3v) is 3.52. The minimum absolute atomic E-state index is 0.184. The van der Waals surface area contributed by atoms with Crippen LogP contribution in [-0.2, 0) is 0 Å². The molecule has 3 nitrogen and oxygen atoms in total. The SMILES string of the molecule is CCCCCCOc1ccc(C(=O)Oc2cc(F)c(F)c(F)c2)cc1. The monoisotopic (exact) mass is 352 g/mol. The average Bonchev–Trinajstić information content (AvgIpc) is 2.60. The summed E-state index contributed by atoms with van der Waals surface area (Å²) in [5.41, 5.74) is 0.184. The summed E-state index contributed by atoms with van der Waals surface area (Å²) in [6, 6.07) is 7.43. The van der Waals surface area contributed by atoms with Gasteiger partial charge in [0.2, 0.25) is 0 Å². The second-order valence-electron chi connectivity index (χ2n) is 5.52. The first-order valence-electron chi connectivity index (χ1n) is 8.11. The third-order valence-electron chi connectivity index (χ3n) is 3.52. The Kier molecular flexibility index (Phi) is 6.86. The third kappa shape index (κ3) is 5.52. The van der Waals surface area contributed by atoms with E-state index >= 15 is 0 Å². The Balaban J connectivity index is 1.92. The standard InChI is InChI=1S/C19H19F3O3/c1-2-3-4-5-10-24-14-8-6-13(7-9-14)19(23)25-15-11-16(20)18(22)17(21)12-15/h6-9,11-12H,2-5,10H2,1H3. The number of esters is 1. The summed E-state index contributed by atoms with van der Waals surface area (Å²) in [6.07, 6.45) is 4.38. The van der Waals surface area contributed by atoms with E-state index in [9.17, 15) is 18.0 Å². The van der Waals surface area contributed by atoms with Crippen molar-refractivity contribution in [2.45, 2.75) is 32.6 Å². The number of halogens is 3. The summed E-state index contributed by atoms with van der Waals surface area (Å²) in [4.78, 5) is 12.0. The van der Waals surface area contributed by atoms with Crippen LogP contribution in [0, 0.1) is 17.5 Å². The summed E-state index contributed by atoms with van der Waals surface area (Å²) in [5.74, 6) is -5.05. The molecule has 134 valence electrons. The maximum Gasteiger partial charge on any atom is 0.343 e. The largest absolute Gasteiger partial charge is 0.494 e. The van der Waals surface area contributed by atoms with E-state index in [-0.39, 0.29) is 5.56 Å². The predicted octanol–water partition coefficient (Wildman–Crippen LogP) is 5.28. The van der Waals surface area contributed by atoms with E-state index in [1.54, 1.807) is 12.1 Å². The highest BCUT2D eigenvalue weighted by Crippen LogP contribution is 2.21. The number of carbonyl (C=O) groups excluding carboxylic acids is 1. The van der Waals surface area contributed by atoms with Crippen LogP contribution >= 0.6 is 0 Å². The van der Waals surface area contributed by atoms with Gasteiger partial charge >= 0.3 is 5.97 Å².